The number of hydrogen-bond acceptors (Lipinski definition) is 7. The first-order chi connectivity index (χ1) is 13.2. The highest BCUT2D eigenvalue weighted by Crippen LogP contribution is 2.31. The number of thiazole rings is 1. The van der Waals surface area contributed by atoms with E-state index in [-0.39, 0.29) is 17.8 Å². The Kier molecular flexibility index (Phi) is 6.02. The highest BCUT2D eigenvalue weighted by Gasteiger charge is 2.30. The molecule has 1 fully saturated rings. The Bertz CT molecular complexity index is 861. The van der Waals surface area contributed by atoms with Crippen molar-refractivity contribution in [1.82, 2.24) is 9.88 Å². The van der Waals surface area contributed by atoms with Gasteiger partial charge in [0.2, 0.25) is 0 Å². The molecule has 3 rings (SSSR count). The Morgan fingerprint density at radius 3 is 2.89 bits per heavy atom. The number of nitro groups is 1. The molecule has 0 saturated carbocycles. The van der Waals surface area contributed by atoms with Gasteiger partial charge in [0.05, 0.1) is 21.7 Å². The number of hydrogen-bond donors (Lipinski definition) is 0. The van der Waals surface area contributed by atoms with Crippen LogP contribution in [0.4, 0.5) is 10.5 Å². The zero-order valence-corrected chi connectivity index (χ0v) is 17.2. The van der Waals surface area contributed by atoms with Gasteiger partial charge in [-0.05, 0) is 46.1 Å². The summed E-state index contributed by atoms with van der Waals surface area (Å²) in [7, 11) is 0. The van der Waals surface area contributed by atoms with Crippen LogP contribution in [0.2, 0.25) is 0 Å². The van der Waals surface area contributed by atoms with Gasteiger partial charge in [0.1, 0.15) is 5.60 Å². The fourth-order valence-electron chi connectivity index (χ4n) is 3.21. The van der Waals surface area contributed by atoms with E-state index in [4.69, 9.17) is 9.47 Å². The number of carbonyl (C=O) groups is 1. The summed E-state index contributed by atoms with van der Waals surface area (Å²) in [6.07, 6.45) is 3.40. The summed E-state index contributed by atoms with van der Waals surface area (Å²) in [6.45, 7) is 6.72. The third-order valence-electron chi connectivity index (χ3n) is 4.49. The number of carbonyl (C=O) groups excluding carboxylic acids is 1. The second kappa shape index (κ2) is 8.30. The summed E-state index contributed by atoms with van der Waals surface area (Å²) in [5.41, 5.74) is 0.0564. The first kappa shape index (κ1) is 20.3. The predicted molar refractivity (Wildman–Crippen MR) is 107 cm³/mol. The minimum absolute atomic E-state index is 0.0135. The Labute approximate surface area is 167 Å². The van der Waals surface area contributed by atoms with E-state index in [2.05, 4.69) is 4.98 Å². The van der Waals surface area contributed by atoms with Gasteiger partial charge in [0, 0.05) is 31.1 Å². The second-order valence-electron chi connectivity index (χ2n) is 7.85. The molecule has 152 valence electrons. The minimum atomic E-state index is -0.515. The molecule has 0 bridgehead atoms. The van der Waals surface area contributed by atoms with E-state index in [0.717, 1.165) is 24.0 Å². The van der Waals surface area contributed by atoms with Crippen molar-refractivity contribution < 1.29 is 19.2 Å². The van der Waals surface area contributed by atoms with Crippen molar-refractivity contribution in [3.8, 4) is 5.19 Å². The van der Waals surface area contributed by atoms with E-state index in [0.29, 0.717) is 30.3 Å². The Morgan fingerprint density at radius 1 is 1.39 bits per heavy atom. The van der Waals surface area contributed by atoms with Crippen molar-refractivity contribution in [2.75, 3.05) is 13.2 Å². The van der Waals surface area contributed by atoms with E-state index in [1.807, 2.05) is 20.8 Å². The maximum absolute atomic E-state index is 12.5. The van der Waals surface area contributed by atoms with E-state index in [1.54, 1.807) is 11.0 Å². The number of nitro benzene ring substituents is 1. The lowest BCUT2D eigenvalue weighted by Crippen LogP contribution is -2.46. The lowest BCUT2D eigenvalue weighted by atomic mass is 10.0. The van der Waals surface area contributed by atoms with Crippen molar-refractivity contribution in [2.45, 2.75) is 58.1 Å². The molecule has 1 aromatic heterocycles. The number of benzene rings is 1. The topological polar surface area (TPSA) is 94.8 Å². The summed E-state index contributed by atoms with van der Waals surface area (Å²) in [5, 5.41) is 11.4. The summed E-state index contributed by atoms with van der Waals surface area (Å²) in [6, 6.07) is 4.68. The SMILES string of the molecule is CC(C)(C)OC(=O)N1CCCCC1CCOc1nc2cc([N+](=O)[O-])ccc2s1. The maximum atomic E-state index is 12.5. The molecule has 0 spiro atoms. The van der Waals surface area contributed by atoms with E-state index >= 15 is 0 Å². The Morgan fingerprint density at radius 2 is 2.18 bits per heavy atom. The molecule has 0 aliphatic carbocycles. The summed E-state index contributed by atoms with van der Waals surface area (Å²) in [4.78, 5) is 29.0. The predicted octanol–water partition coefficient (Wildman–Crippen LogP) is 4.76. The number of non-ortho nitro benzene ring substituents is 1. The number of ether oxygens (including phenoxy) is 2. The molecule has 1 unspecified atom stereocenters. The number of rotatable bonds is 5. The molecular formula is C19H25N3O5S. The van der Waals surface area contributed by atoms with Crippen LogP contribution in [-0.2, 0) is 4.74 Å². The van der Waals surface area contributed by atoms with Crippen molar-refractivity contribution in [3.05, 3.63) is 28.3 Å². The van der Waals surface area contributed by atoms with Gasteiger partial charge in [-0.3, -0.25) is 10.1 Å². The average molecular weight is 407 g/mol. The van der Waals surface area contributed by atoms with Gasteiger partial charge in [-0.25, -0.2) is 9.78 Å². The number of amides is 1. The minimum Gasteiger partial charge on any atom is -0.470 e. The van der Waals surface area contributed by atoms with Crippen LogP contribution >= 0.6 is 11.3 Å². The first-order valence-electron chi connectivity index (χ1n) is 9.40. The van der Waals surface area contributed by atoms with E-state index in [1.165, 1.54) is 23.5 Å². The Balaban J connectivity index is 1.59. The van der Waals surface area contributed by atoms with Gasteiger partial charge in [0.25, 0.3) is 10.9 Å². The molecule has 1 atom stereocenters. The van der Waals surface area contributed by atoms with Crippen LogP contribution in [0.5, 0.6) is 5.19 Å². The quantitative estimate of drug-likeness (QED) is 0.524. The molecule has 1 aromatic carbocycles. The smallest absolute Gasteiger partial charge is 0.410 e. The molecule has 28 heavy (non-hydrogen) atoms. The molecule has 2 heterocycles. The fraction of sp³-hybridized carbons (Fsp3) is 0.579. The summed E-state index contributed by atoms with van der Waals surface area (Å²) >= 11 is 1.36. The average Bonchev–Trinajstić information content (AvgIpc) is 3.02. The van der Waals surface area contributed by atoms with Crippen molar-refractivity contribution in [2.24, 2.45) is 0 Å². The lowest BCUT2D eigenvalue weighted by Gasteiger charge is -2.36. The van der Waals surface area contributed by atoms with E-state index in [9.17, 15) is 14.9 Å². The van der Waals surface area contributed by atoms with Crippen LogP contribution in [0.25, 0.3) is 10.2 Å². The number of likely N-dealkylation sites (tertiary alicyclic amines) is 1. The number of nitrogens with zero attached hydrogens (tertiary/aromatic N) is 3. The van der Waals surface area contributed by atoms with Crippen LogP contribution < -0.4 is 4.74 Å². The largest absolute Gasteiger partial charge is 0.470 e. The molecule has 9 heteroatoms. The second-order valence-corrected chi connectivity index (χ2v) is 8.84. The number of fused-ring (bicyclic) bond motifs is 1. The van der Waals surface area contributed by atoms with Gasteiger partial charge in [0.15, 0.2) is 0 Å². The molecule has 1 aliphatic rings. The van der Waals surface area contributed by atoms with Gasteiger partial charge in [-0.15, -0.1) is 0 Å². The number of aromatic nitrogens is 1. The van der Waals surface area contributed by atoms with Crippen LogP contribution in [-0.4, -0.2) is 45.7 Å². The highest BCUT2D eigenvalue weighted by atomic mass is 32.1. The molecular weight excluding hydrogens is 382 g/mol. The third kappa shape index (κ3) is 5.09. The molecule has 0 N–H and O–H groups in total. The van der Waals surface area contributed by atoms with Gasteiger partial charge in [-0.1, -0.05) is 11.3 Å². The molecule has 1 aliphatic heterocycles. The normalized spacial score (nSPS) is 17.5. The fourth-order valence-corrected chi connectivity index (χ4v) is 4.03. The zero-order valence-electron chi connectivity index (χ0n) is 16.3. The van der Waals surface area contributed by atoms with Crippen molar-refractivity contribution in [1.29, 1.82) is 0 Å². The lowest BCUT2D eigenvalue weighted by molar-refractivity contribution is -0.384. The van der Waals surface area contributed by atoms with Crippen LogP contribution in [0.1, 0.15) is 46.5 Å². The zero-order chi connectivity index (χ0) is 20.3. The summed E-state index contributed by atoms with van der Waals surface area (Å²) in [5.74, 6) is 0. The summed E-state index contributed by atoms with van der Waals surface area (Å²) < 4.78 is 12.1. The van der Waals surface area contributed by atoms with Crippen molar-refractivity contribution in [3.63, 3.8) is 0 Å². The van der Waals surface area contributed by atoms with Crippen LogP contribution in [0.3, 0.4) is 0 Å². The Hall–Kier alpha value is -2.42. The van der Waals surface area contributed by atoms with Crippen molar-refractivity contribution >= 4 is 33.3 Å². The first-order valence-corrected chi connectivity index (χ1v) is 10.2. The van der Waals surface area contributed by atoms with Crippen LogP contribution in [0.15, 0.2) is 18.2 Å². The van der Waals surface area contributed by atoms with Gasteiger partial charge >= 0.3 is 6.09 Å². The van der Waals surface area contributed by atoms with E-state index < -0.39 is 10.5 Å². The molecule has 0 radical (unpaired) electrons. The van der Waals surface area contributed by atoms with Crippen LogP contribution in [0, 0.1) is 10.1 Å². The molecule has 8 nitrogen and oxygen atoms in total. The molecule has 1 saturated heterocycles. The highest BCUT2D eigenvalue weighted by molar-refractivity contribution is 7.20. The molecule has 2 aromatic rings. The monoisotopic (exact) mass is 407 g/mol. The standard InChI is InChI=1S/C19H25N3O5S/c1-19(2,3)27-18(23)21-10-5-4-6-13(21)9-11-26-17-20-15-12-14(22(24)25)7-8-16(15)28-17/h7-8,12-13H,4-6,9-11H2,1-3H3. The van der Waals surface area contributed by atoms with Gasteiger partial charge in [-0.2, -0.15) is 0 Å². The molecule has 1 amide bonds. The number of piperidine rings is 1. The maximum Gasteiger partial charge on any atom is 0.410 e. The third-order valence-corrected chi connectivity index (χ3v) is 5.44. The van der Waals surface area contributed by atoms with Gasteiger partial charge < -0.3 is 14.4 Å².